The van der Waals surface area contributed by atoms with Crippen molar-refractivity contribution in [3.05, 3.63) is 54.6 Å². The number of carbonyl (C=O) groups excluding carboxylic acids is 1. The summed E-state index contributed by atoms with van der Waals surface area (Å²) >= 11 is 0. The van der Waals surface area contributed by atoms with Crippen LogP contribution in [0.2, 0.25) is 0 Å². The summed E-state index contributed by atoms with van der Waals surface area (Å²) in [4.78, 5) is 10.5. The summed E-state index contributed by atoms with van der Waals surface area (Å²) in [7, 11) is 0. The molecule has 0 aromatic heterocycles. The minimum atomic E-state index is 0.0776. The molecule has 0 fully saturated rings. The molecule has 0 unspecified atom stereocenters. The van der Waals surface area contributed by atoms with Gasteiger partial charge in [-0.05, 0) is 18.6 Å². The summed E-state index contributed by atoms with van der Waals surface area (Å²) in [5, 5.41) is 7.51. The minimum absolute atomic E-state index is 0.0776. The molecule has 1 rings (SSSR count). The lowest BCUT2D eigenvalue weighted by Crippen LogP contribution is -1.79. The Morgan fingerprint density at radius 3 is 2.33 bits per heavy atom. The van der Waals surface area contributed by atoms with Crippen LogP contribution in [0.1, 0.15) is 12.5 Å². The van der Waals surface area contributed by atoms with E-state index in [0.29, 0.717) is 0 Å². The maximum atomic E-state index is 10.5. The highest BCUT2D eigenvalue weighted by atomic mass is 16.1. The first-order chi connectivity index (χ1) is 7.20. The second-order valence-electron chi connectivity index (χ2n) is 2.69. The third-order valence-electron chi connectivity index (χ3n) is 1.40. The Hall–Kier alpha value is -2.14. The van der Waals surface area contributed by atoms with Gasteiger partial charge in [0.15, 0.2) is 5.78 Å². The Morgan fingerprint density at radius 2 is 1.93 bits per heavy atom. The largest absolute Gasteiger partial charge is 0.295 e. The standard InChI is InChI=1S/C10H10O.C3H3N/c1-9(11)7-8-10-5-3-2-4-6-10;1-2-3-4/h2-8H,1H3;2H,1H2. The Morgan fingerprint density at radius 1 is 1.40 bits per heavy atom. The van der Waals surface area contributed by atoms with Gasteiger partial charge in [-0.15, -0.1) is 0 Å². The highest BCUT2D eigenvalue weighted by Gasteiger charge is 1.83. The Bertz CT molecular complexity index is 371. The van der Waals surface area contributed by atoms with Crippen LogP contribution in [-0.2, 0) is 4.79 Å². The van der Waals surface area contributed by atoms with Gasteiger partial charge in [0.1, 0.15) is 0 Å². The molecule has 0 atom stereocenters. The number of nitrogens with zero attached hydrogens (tertiary/aromatic N) is 1. The normalized spacial score (nSPS) is 8.53. The molecule has 76 valence electrons. The van der Waals surface area contributed by atoms with Crippen LogP contribution in [0.3, 0.4) is 0 Å². The Balaban J connectivity index is 0.000000423. The van der Waals surface area contributed by atoms with Gasteiger partial charge in [-0.2, -0.15) is 5.26 Å². The molecule has 2 nitrogen and oxygen atoms in total. The van der Waals surface area contributed by atoms with E-state index in [0.717, 1.165) is 5.56 Å². The van der Waals surface area contributed by atoms with Crippen LogP contribution in [0.5, 0.6) is 0 Å². The Labute approximate surface area is 90.2 Å². The van der Waals surface area contributed by atoms with E-state index in [2.05, 4.69) is 6.58 Å². The molecule has 0 amide bonds. The van der Waals surface area contributed by atoms with Crippen LogP contribution in [0.15, 0.2) is 49.1 Å². The lowest BCUT2D eigenvalue weighted by molar-refractivity contribution is -0.112. The highest BCUT2D eigenvalue weighted by molar-refractivity contribution is 5.91. The van der Waals surface area contributed by atoms with Crippen LogP contribution in [0.25, 0.3) is 6.08 Å². The molecule has 1 aromatic carbocycles. The summed E-state index contributed by atoms with van der Waals surface area (Å²) in [6, 6.07) is 11.4. The summed E-state index contributed by atoms with van der Waals surface area (Å²) in [6.45, 7) is 4.66. The molecule has 0 saturated carbocycles. The van der Waals surface area contributed by atoms with Crippen LogP contribution >= 0.6 is 0 Å². The lowest BCUT2D eigenvalue weighted by atomic mass is 10.2. The second kappa shape index (κ2) is 8.46. The van der Waals surface area contributed by atoms with Gasteiger partial charge in [-0.25, -0.2) is 0 Å². The number of hydrogen-bond acceptors (Lipinski definition) is 2. The van der Waals surface area contributed by atoms with E-state index in [4.69, 9.17) is 5.26 Å². The fraction of sp³-hybridized carbons (Fsp3) is 0.0769. The molecule has 0 heterocycles. The molecule has 2 heteroatoms. The van der Waals surface area contributed by atoms with Crippen molar-refractivity contribution in [2.24, 2.45) is 0 Å². The van der Waals surface area contributed by atoms with Crippen LogP contribution in [0, 0.1) is 11.3 Å². The van der Waals surface area contributed by atoms with Gasteiger partial charge in [-0.3, -0.25) is 4.79 Å². The van der Waals surface area contributed by atoms with Gasteiger partial charge in [-0.1, -0.05) is 43.0 Å². The SMILES string of the molecule is C=CC#N.CC(=O)C=Cc1ccccc1. The molecule has 0 bridgehead atoms. The van der Waals surface area contributed by atoms with Crippen LogP contribution in [-0.4, -0.2) is 5.78 Å². The first-order valence-electron chi connectivity index (χ1n) is 4.45. The molecule has 15 heavy (non-hydrogen) atoms. The van der Waals surface area contributed by atoms with E-state index in [1.165, 1.54) is 6.08 Å². The number of carbonyl (C=O) groups is 1. The number of ketones is 1. The molecule has 0 N–H and O–H groups in total. The Kier molecular flexibility index (Phi) is 7.25. The zero-order valence-corrected chi connectivity index (χ0v) is 8.68. The molecule has 0 radical (unpaired) electrons. The molecule has 1 aromatic rings. The van der Waals surface area contributed by atoms with Crippen molar-refractivity contribution in [2.45, 2.75) is 6.92 Å². The number of benzene rings is 1. The van der Waals surface area contributed by atoms with Gasteiger partial charge < -0.3 is 0 Å². The van der Waals surface area contributed by atoms with Crippen molar-refractivity contribution in [3.8, 4) is 6.07 Å². The van der Waals surface area contributed by atoms with E-state index >= 15 is 0 Å². The predicted octanol–water partition coefficient (Wildman–Crippen LogP) is 2.98. The summed E-state index contributed by atoms with van der Waals surface area (Å²) in [6.07, 6.45) is 4.55. The number of nitriles is 1. The zero-order chi connectivity index (χ0) is 11.5. The maximum Gasteiger partial charge on any atom is 0.152 e. The molecular formula is C13H13NO. The molecule has 0 aliphatic carbocycles. The van der Waals surface area contributed by atoms with Gasteiger partial charge in [0.2, 0.25) is 0 Å². The fourth-order valence-corrected chi connectivity index (χ4v) is 0.778. The highest BCUT2D eigenvalue weighted by Crippen LogP contribution is 2.00. The van der Waals surface area contributed by atoms with Gasteiger partial charge in [0.25, 0.3) is 0 Å². The molecule has 0 aliphatic heterocycles. The van der Waals surface area contributed by atoms with E-state index in [9.17, 15) is 4.79 Å². The number of hydrogen-bond donors (Lipinski definition) is 0. The topological polar surface area (TPSA) is 40.9 Å². The number of rotatable bonds is 2. The summed E-state index contributed by atoms with van der Waals surface area (Å²) < 4.78 is 0. The summed E-state index contributed by atoms with van der Waals surface area (Å²) in [5.41, 5.74) is 1.06. The van der Waals surface area contributed by atoms with Crippen molar-refractivity contribution in [1.82, 2.24) is 0 Å². The van der Waals surface area contributed by atoms with Crippen molar-refractivity contribution in [3.63, 3.8) is 0 Å². The van der Waals surface area contributed by atoms with Gasteiger partial charge >= 0.3 is 0 Å². The van der Waals surface area contributed by atoms with E-state index < -0.39 is 0 Å². The second-order valence-corrected chi connectivity index (χ2v) is 2.69. The van der Waals surface area contributed by atoms with Crippen LogP contribution < -0.4 is 0 Å². The van der Waals surface area contributed by atoms with E-state index in [1.54, 1.807) is 19.1 Å². The molecular weight excluding hydrogens is 186 g/mol. The van der Waals surface area contributed by atoms with E-state index in [1.807, 2.05) is 36.4 Å². The first kappa shape index (κ1) is 12.9. The first-order valence-corrected chi connectivity index (χ1v) is 4.45. The van der Waals surface area contributed by atoms with Crippen molar-refractivity contribution in [2.75, 3.05) is 0 Å². The third kappa shape index (κ3) is 8.20. The van der Waals surface area contributed by atoms with Gasteiger partial charge in [0, 0.05) is 6.08 Å². The quantitative estimate of drug-likeness (QED) is 0.542. The van der Waals surface area contributed by atoms with Crippen molar-refractivity contribution < 1.29 is 4.79 Å². The van der Waals surface area contributed by atoms with Crippen molar-refractivity contribution >= 4 is 11.9 Å². The zero-order valence-electron chi connectivity index (χ0n) is 8.68. The molecule has 0 saturated heterocycles. The predicted molar refractivity (Wildman–Crippen MR) is 62.0 cm³/mol. The van der Waals surface area contributed by atoms with Crippen molar-refractivity contribution in [1.29, 1.82) is 5.26 Å². The van der Waals surface area contributed by atoms with Crippen LogP contribution in [0.4, 0.5) is 0 Å². The average molecular weight is 199 g/mol. The van der Waals surface area contributed by atoms with Gasteiger partial charge in [0.05, 0.1) is 6.07 Å². The fourth-order valence-electron chi connectivity index (χ4n) is 0.778. The van der Waals surface area contributed by atoms with E-state index in [-0.39, 0.29) is 5.78 Å². The number of allylic oxidation sites excluding steroid dienone is 2. The lowest BCUT2D eigenvalue weighted by Gasteiger charge is -1.88. The molecule has 0 aliphatic rings. The summed E-state index contributed by atoms with van der Waals surface area (Å²) in [5.74, 6) is 0.0776. The monoisotopic (exact) mass is 199 g/mol. The minimum Gasteiger partial charge on any atom is -0.295 e. The smallest absolute Gasteiger partial charge is 0.152 e. The third-order valence-corrected chi connectivity index (χ3v) is 1.40. The average Bonchev–Trinajstić information content (AvgIpc) is 2.28. The molecule has 0 spiro atoms. The maximum absolute atomic E-state index is 10.5.